The zero-order valence-corrected chi connectivity index (χ0v) is 21.4. The van der Waals surface area contributed by atoms with Crippen molar-refractivity contribution in [2.75, 3.05) is 6.54 Å². The fraction of sp³-hybridized carbons (Fsp3) is 0.500. The molecular formula is C30H37F3NO2-. The Morgan fingerprint density at radius 3 is 2.25 bits per heavy atom. The molecule has 1 saturated heterocycles. The van der Waals surface area contributed by atoms with Crippen molar-refractivity contribution < 1.29 is 23.1 Å². The summed E-state index contributed by atoms with van der Waals surface area (Å²) < 4.78 is 39.7. The van der Waals surface area contributed by atoms with E-state index in [0.717, 1.165) is 37.0 Å². The number of aliphatic carboxylic acids is 1. The molecule has 1 aliphatic rings. The first-order valence-electron chi connectivity index (χ1n) is 12.8. The summed E-state index contributed by atoms with van der Waals surface area (Å²) in [5, 5.41) is 11.6. The summed E-state index contributed by atoms with van der Waals surface area (Å²) in [4.78, 5) is 14.0. The largest absolute Gasteiger partial charge is 0.550 e. The maximum atomic E-state index is 13.2. The maximum Gasteiger partial charge on any atom is 0.416 e. The molecule has 0 bridgehead atoms. The summed E-state index contributed by atoms with van der Waals surface area (Å²) >= 11 is 0. The van der Waals surface area contributed by atoms with Gasteiger partial charge in [-0.1, -0.05) is 63.2 Å². The minimum atomic E-state index is -4.40. The first-order chi connectivity index (χ1) is 17.0. The molecule has 0 aromatic heterocycles. The molecule has 0 aliphatic carbocycles. The number of carboxylic acids is 1. The number of carboxylic acid groups (broad SMARTS) is 1. The lowest BCUT2D eigenvalue weighted by molar-refractivity contribution is -0.313. The monoisotopic (exact) mass is 500 g/mol. The lowest BCUT2D eigenvalue weighted by Crippen LogP contribution is -2.44. The molecule has 0 N–H and O–H groups in total. The van der Waals surface area contributed by atoms with E-state index >= 15 is 0 Å². The van der Waals surface area contributed by atoms with Crippen molar-refractivity contribution in [1.29, 1.82) is 0 Å². The van der Waals surface area contributed by atoms with Gasteiger partial charge in [0.2, 0.25) is 0 Å². The molecule has 3 rings (SSSR count). The van der Waals surface area contributed by atoms with Crippen molar-refractivity contribution in [2.24, 2.45) is 17.8 Å². The van der Waals surface area contributed by atoms with Crippen LogP contribution < -0.4 is 5.11 Å². The zero-order valence-electron chi connectivity index (χ0n) is 21.4. The molecule has 1 unspecified atom stereocenters. The number of likely N-dealkylation sites (tertiary alicyclic amines) is 1. The molecule has 0 spiro atoms. The molecule has 0 radical (unpaired) electrons. The van der Waals surface area contributed by atoms with Crippen molar-refractivity contribution in [2.45, 2.75) is 71.1 Å². The van der Waals surface area contributed by atoms with E-state index in [2.05, 4.69) is 49.6 Å². The molecule has 36 heavy (non-hydrogen) atoms. The molecule has 0 saturated carbocycles. The highest BCUT2D eigenvalue weighted by Crippen LogP contribution is 2.44. The quantitative estimate of drug-likeness (QED) is 0.339. The number of alkyl halides is 3. The van der Waals surface area contributed by atoms with Gasteiger partial charge >= 0.3 is 6.18 Å². The zero-order chi connectivity index (χ0) is 26.5. The van der Waals surface area contributed by atoms with E-state index in [4.69, 9.17) is 0 Å². The van der Waals surface area contributed by atoms with E-state index in [1.165, 1.54) is 11.1 Å². The third-order valence-corrected chi connectivity index (χ3v) is 7.55. The van der Waals surface area contributed by atoms with E-state index in [1.54, 1.807) is 19.1 Å². The van der Waals surface area contributed by atoms with Crippen LogP contribution in [0.3, 0.4) is 0 Å². The topological polar surface area (TPSA) is 43.4 Å². The second-order valence-electron chi connectivity index (χ2n) is 10.5. The molecule has 1 aliphatic heterocycles. The van der Waals surface area contributed by atoms with E-state index in [1.807, 2.05) is 6.08 Å². The highest BCUT2D eigenvalue weighted by Gasteiger charge is 2.37. The predicted octanol–water partition coefficient (Wildman–Crippen LogP) is 6.75. The van der Waals surface area contributed by atoms with E-state index in [9.17, 15) is 23.1 Å². The maximum absolute atomic E-state index is 13.2. The number of piperidine rings is 1. The Labute approximate surface area is 213 Å². The standard InChI is InChI=1S/C30H38F3NO2/c1-5-6-22-8-10-23(11-9-22)27(16-7-20(2)3)34-18-17-25(21(4)29(35)36)19-28(34)24-12-14-26(15-13-24)30(31,32)33/h5,8-15,20-21,25,27-28H,1,6-7,16-19H2,2-4H3,(H,35,36)/p-1/t21?,25-,27-,28+/m1/s1. The molecule has 2 aromatic rings. The van der Waals surface area contributed by atoms with Gasteiger partial charge in [0.15, 0.2) is 0 Å². The normalized spacial score (nSPS) is 20.8. The van der Waals surface area contributed by atoms with Crippen molar-refractivity contribution >= 4 is 5.97 Å². The third-order valence-electron chi connectivity index (χ3n) is 7.55. The van der Waals surface area contributed by atoms with Crippen LogP contribution in [0.4, 0.5) is 13.2 Å². The van der Waals surface area contributed by atoms with Crippen molar-refractivity contribution in [3.8, 4) is 0 Å². The number of allylic oxidation sites excluding steroid dienone is 1. The first-order valence-corrected chi connectivity index (χ1v) is 12.8. The Balaban J connectivity index is 1.99. The van der Waals surface area contributed by atoms with Gasteiger partial charge in [0.25, 0.3) is 0 Å². The van der Waals surface area contributed by atoms with Gasteiger partial charge in [-0.05, 0) is 85.2 Å². The number of hydrogen-bond donors (Lipinski definition) is 0. The number of carbonyl (C=O) groups excluding carboxylic acids is 1. The molecule has 3 nitrogen and oxygen atoms in total. The van der Waals surface area contributed by atoms with Crippen LogP contribution in [0.5, 0.6) is 0 Å². The highest BCUT2D eigenvalue weighted by molar-refractivity contribution is 5.67. The van der Waals surface area contributed by atoms with E-state index in [0.29, 0.717) is 25.3 Å². The second kappa shape index (κ2) is 12.1. The molecular weight excluding hydrogens is 463 g/mol. The molecule has 0 amide bonds. The van der Waals surface area contributed by atoms with Crippen LogP contribution in [-0.2, 0) is 17.4 Å². The Morgan fingerprint density at radius 1 is 1.08 bits per heavy atom. The van der Waals surface area contributed by atoms with Gasteiger partial charge in [-0.2, -0.15) is 13.2 Å². The van der Waals surface area contributed by atoms with Gasteiger partial charge in [-0.15, -0.1) is 6.58 Å². The number of halogens is 3. The van der Waals surface area contributed by atoms with Crippen LogP contribution >= 0.6 is 0 Å². The minimum Gasteiger partial charge on any atom is -0.550 e. The van der Waals surface area contributed by atoms with Gasteiger partial charge < -0.3 is 9.90 Å². The lowest BCUT2D eigenvalue weighted by atomic mass is 9.78. The fourth-order valence-corrected chi connectivity index (χ4v) is 5.31. The Hall–Kier alpha value is -2.60. The molecule has 196 valence electrons. The summed E-state index contributed by atoms with van der Waals surface area (Å²) in [6.45, 7) is 10.5. The van der Waals surface area contributed by atoms with Gasteiger partial charge in [0.1, 0.15) is 0 Å². The summed E-state index contributed by atoms with van der Waals surface area (Å²) in [5.74, 6) is -1.28. The van der Waals surface area contributed by atoms with Gasteiger partial charge in [-0.3, -0.25) is 4.90 Å². The lowest BCUT2D eigenvalue weighted by Gasteiger charge is -2.46. The van der Waals surface area contributed by atoms with Gasteiger partial charge in [-0.25, -0.2) is 0 Å². The van der Waals surface area contributed by atoms with Crippen LogP contribution in [0.25, 0.3) is 0 Å². The molecule has 2 aromatic carbocycles. The fourth-order valence-electron chi connectivity index (χ4n) is 5.31. The van der Waals surface area contributed by atoms with Gasteiger partial charge in [0, 0.05) is 18.1 Å². The molecule has 6 heteroatoms. The molecule has 1 fully saturated rings. The number of carbonyl (C=O) groups is 1. The highest BCUT2D eigenvalue weighted by atomic mass is 19.4. The van der Waals surface area contributed by atoms with Crippen LogP contribution in [-0.4, -0.2) is 17.4 Å². The van der Waals surface area contributed by atoms with Crippen molar-refractivity contribution in [3.05, 3.63) is 83.4 Å². The van der Waals surface area contributed by atoms with Crippen molar-refractivity contribution in [3.63, 3.8) is 0 Å². The first kappa shape index (κ1) is 28.0. The van der Waals surface area contributed by atoms with Crippen LogP contribution in [0.1, 0.15) is 80.8 Å². The van der Waals surface area contributed by atoms with Gasteiger partial charge in [0.05, 0.1) is 5.56 Å². The smallest absolute Gasteiger partial charge is 0.416 e. The summed E-state index contributed by atoms with van der Waals surface area (Å²) in [6.07, 6.45) is 1.45. The average molecular weight is 501 g/mol. The van der Waals surface area contributed by atoms with Crippen LogP contribution in [0.15, 0.2) is 61.2 Å². The molecule has 4 atom stereocenters. The van der Waals surface area contributed by atoms with Crippen LogP contribution in [0, 0.1) is 17.8 Å². The summed E-state index contributed by atoms with van der Waals surface area (Å²) in [5.41, 5.74) is 2.46. The number of nitrogens with zero attached hydrogens (tertiary/aromatic N) is 1. The minimum absolute atomic E-state index is 0.0803. The third kappa shape index (κ3) is 7.00. The predicted molar refractivity (Wildman–Crippen MR) is 135 cm³/mol. The summed E-state index contributed by atoms with van der Waals surface area (Å²) in [7, 11) is 0. The van der Waals surface area contributed by atoms with E-state index < -0.39 is 23.6 Å². The Kier molecular flexibility index (Phi) is 9.40. The van der Waals surface area contributed by atoms with Crippen molar-refractivity contribution in [1.82, 2.24) is 4.90 Å². The van der Waals surface area contributed by atoms with E-state index in [-0.39, 0.29) is 18.0 Å². The van der Waals surface area contributed by atoms with Crippen LogP contribution in [0.2, 0.25) is 0 Å². The Bertz CT molecular complexity index is 998. The number of benzene rings is 2. The SMILES string of the molecule is C=CCc1ccc([C@@H](CCC(C)C)N2CC[C@@H](C(C)C(=O)[O-])C[C@H]2c2ccc(C(F)(F)F)cc2)cc1. The number of hydrogen-bond acceptors (Lipinski definition) is 3. The average Bonchev–Trinajstić information content (AvgIpc) is 2.84. The summed E-state index contributed by atoms with van der Waals surface area (Å²) in [6, 6.07) is 13.8. The Morgan fingerprint density at radius 2 is 1.72 bits per heavy atom. The second-order valence-corrected chi connectivity index (χ2v) is 10.5. The molecule has 1 heterocycles. The number of rotatable bonds is 10.